The summed E-state index contributed by atoms with van der Waals surface area (Å²) in [6.07, 6.45) is 7.48. The first-order valence-electron chi connectivity index (χ1n) is 7.13. The molecule has 1 fully saturated rings. The molecule has 0 radical (unpaired) electrons. The van der Waals surface area contributed by atoms with E-state index in [0.717, 1.165) is 39.3 Å². The van der Waals surface area contributed by atoms with Gasteiger partial charge in [0.2, 0.25) is 0 Å². The van der Waals surface area contributed by atoms with E-state index < -0.39 is 0 Å². The summed E-state index contributed by atoms with van der Waals surface area (Å²) in [6, 6.07) is 8.40. The Morgan fingerprint density at radius 1 is 0.667 bits per heavy atom. The van der Waals surface area contributed by atoms with Crippen molar-refractivity contribution >= 4 is 12.4 Å². The number of hydrogen-bond donors (Lipinski definition) is 0. The average molecular weight is 305 g/mol. The summed E-state index contributed by atoms with van der Waals surface area (Å²) >= 11 is 0. The van der Waals surface area contributed by atoms with Gasteiger partial charge in [0.05, 0.1) is 0 Å². The Morgan fingerprint density at radius 3 is 1.33 bits per heavy atom. The standard InChI is InChI=1S/C16H20N4.ClH/c1-5-17-6-2-15(1)13-19-9-11-20(12-10-19)14-16-3-7-18-8-4-16;/h1-8H,9-14H2;1H. The minimum atomic E-state index is 0. The summed E-state index contributed by atoms with van der Waals surface area (Å²) < 4.78 is 0. The predicted molar refractivity (Wildman–Crippen MR) is 86.3 cm³/mol. The van der Waals surface area contributed by atoms with Gasteiger partial charge in [-0.3, -0.25) is 19.8 Å². The fourth-order valence-electron chi connectivity index (χ4n) is 2.60. The molecule has 1 aliphatic rings. The number of hydrogen-bond acceptors (Lipinski definition) is 4. The molecule has 3 heterocycles. The highest BCUT2D eigenvalue weighted by Gasteiger charge is 2.16. The molecule has 1 aliphatic heterocycles. The first kappa shape index (κ1) is 15.9. The maximum Gasteiger partial charge on any atom is 0.0271 e. The molecule has 0 atom stereocenters. The van der Waals surface area contributed by atoms with Crippen LogP contribution in [0, 0.1) is 0 Å². The van der Waals surface area contributed by atoms with E-state index in [4.69, 9.17) is 0 Å². The van der Waals surface area contributed by atoms with Gasteiger partial charge in [0.1, 0.15) is 0 Å². The number of aromatic nitrogens is 2. The summed E-state index contributed by atoms with van der Waals surface area (Å²) in [5, 5.41) is 0. The Bertz CT molecular complexity index is 463. The van der Waals surface area contributed by atoms with E-state index in [1.54, 1.807) is 0 Å². The van der Waals surface area contributed by atoms with E-state index in [-0.39, 0.29) is 12.4 Å². The quantitative estimate of drug-likeness (QED) is 0.867. The van der Waals surface area contributed by atoms with Gasteiger partial charge in [-0.1, -0.05) is 0 Å². The summed E-state index contributed by atoms with van der Waals surface area (Å²) in [7, 11) is 0. The zero-order chi connectivity index (χ0) is 13.6. The SMILES string of the molecule is Cl.c1cc(CN2CCN(Cc3ccncc3)CC2)ccn1. The molecule has 2 aromatic heterocycles. The number of nitrogens with zero attached hydrogens (tertiary/aromatic N) is 4. The van der Waals surface area contributed by atoms with Gasteiger partial charge in [-0.2, -0.15) is 0 Å². The third-order valence-corrected chi connectivity index (χ3v) is 3.78. The van der Waals surface area contributed by atoms with Crippen molar-refractivity contribution in [2.24, 2.45) is 0 Å². The molecule has 21 heavy (non-hydrogen) atoms. The van der Waals surface area contributed by atoms with Crippen LogP contribution in [0.25, 0.3) is 0 Å². The van der Waals surface area contributed by atoms with Crippen molar-refractivity contribution in [1.82, 2.24) is 19.8 Å². The van der Waals surface area contributed by atoms with Crippen molar-refractivity contribution in [2.45, 2.75) is 13.1 Å². The first-order chi connectivity index (χ1) is 9.90. The molecule has 112 valence electrons. The van der Waals surface area contributed by atoms with Crippen LogP contribution in [0.3, 0.4) is 0 Å². The van der Waals surface area contributed by atoms with E-state index in [0.29, 0.717) is 0 Å². The van der Waals surface area contributed by atoms with Crippen molar-refractivity contribution in [3.8, 4) is 0 Å². The van der Waals surface area contributed by atoms with Crippen molar-refractivity contribution in [3.63, 3.8) is 0 Å². The molecule has 0 aromatic carbocycles. The second kappa shape index (κ2) is 8.08. The topological polar surface area (TPSA) is 32.3 Å². The first-order valence-corrected chi connectivity index (χ1v) is 7.13. The van der Waals surface area contributed by atoms with Gasteiger partial charge >= 0.3 is 0 Å². The lowest BCUT2D eigenvalue weighted by atomic mass is 10.2. The Balaban J connectivity index is 0.00000161. The van der Waals surface area contributed by atoms with Crippen LogP contribution in [0.5, 0.6) is 0 Å². The molecule has 0 amide bonds. The minimum absolute atomic E-state index is 0. The van der Waals surface area contributed by atoms with E-state index >= 15 is 0 Å². The molecular weight excluding hydrogens is 284 g/mol. The molecule has 0 N–H and O–H groups in total. The predicted octanol–water partition coefficient (Wildman–Crippen LogP) is 2.22. The fraction of sp³-hybridized carbons (Fsp3) is 0.375. The molecule has 4 nitrogen and oxygen atoms in total. The van der Waals surface area contributed by atoms with Crippen molar-refractivity contribution in [1.29, 1.82) is 0 Å². The number of halogens is 1. The van der Waals surface area contributed by atoms with Crippen LogP contribution in [0.2, 0.25) is 0 Å². The fourth-order valence-corrected chi connectivity index (χ4v) is 2.60. The number of pyridine rings is 2. The average Bonchev–Trinajstić information content (AvgIpc) is 2.51. The lowest BCUT2D eigenvalue weighted by Crippen LogP contribution is -2.45. The van der Waals surface area contributed by atoms with Crippen LogP contribution in [0.1, 0.15) is 11.1 Å². The second-order valence-electron chi connectivity index (χ2n) is 5.26. The van der Waals surface area contributed by atoms with Gasteiger partial charge < -0.3 is 0 Å². The van der Waals surface area contributed by atoms with Crippen molar-refractivity contribution < 1.29 is 0 Å². The van der Waals surface area contributed by atoms with Crippen LogP contribution in [-0.4, -0.2) is 45.9 Å². The highest BCUT2D eigenvalue weighted by Crippen LogP contribution is 2.10. The van der Waals surface area contributed by atoms with Gasteiger partial charge in [-0.05, 0) is 35.4 Å². The zero-order valence-electron chi connectivity index (χ0n) is 12.1. The Kier molecular flexibility index (Phi) is 6.11. The lowest BCUT2D eigenvalue weighted by Gasteiger charge is -2.34. The van der Waals surface area contributed by atoms with Gasteiger partial charge in [0.15, 0.2) is 0 Å². The third-order valence-electron chi connectivity index (χ3n) is 3.78. The van der Waals surface area contributed by atoms with Crippen LogP contribution in [0.4, 0.5) is 0 Å². The third kappa shape index (κ3) is 4.77. The molecule has 0 spiro atoms. The maximum absolute atomic E-state index is 4.07. The Labute approximate surface area is 132 Å². The van der Waals surface area contributed by atoms with Crippen molar-refractivity contribution in [2.75, 3.05) is 26.2 Å². The largest absolute Gasteiger partial charge is 0.297 e. The molecule has 0 aliphatic carbocycles. The molecule has 0 unspecified atom stereocenters. The Morgan fingerprint density at radius 2 is 1.00 bits per heavy atom. The highest BCUT2D eigenvalue weighted by molar-refractivity contribution is 5.85. The molecule has 3 rings (SSSR count). The van der Waals surface area contributed by atoms with Crippen LogP contribution < -0.4 is 0 Å². The molecule has 1 saturated heterocycles. The second-order valence-corrected chi connectivity index (χ2v) is 5.26. The molecule has 0 bridgehead atoms. The van der Waals surface area contributed by atoms with Gasteiger partial charge in [0, 0.05) is 64.1 Å². The lowest BCUT2D eigenvalue weighted by molar-refractivity contribution is 0.122. The summed E-state index contributed by atoms with van der Waals surface area (Å²) in [6.45, 7) is 6.60. The van der Waals surface area contributed by atoms with Crippen molar-refractivity contribution in [3.05, 3.63) is 60.2 Å². The van der Waals surface area contributed by atoms with Gasteiger partial charge in [0.25, 0.3) is 0 Å². The Hall–Kier alpha value is -1.49. The molecular formula is C16H21ClN4. The normalized spacial score (nSPS) is 16.4. The molecule has 0 saturated carbocycles. The summed E-state index contributed by atoms with van der Waals surface area (Å²) in [4.78, 5) is 13.2. The number of piperazine rings is 1. The summed E-state index contributed by atoms with van der Waals surface area (Å²) in [5.74, 6) is 0. The van der Waals surface area contributed by atoms with Gasteiger partial charge in [-0.15, -0.1) is 12.4 Å². The summed E-state index contributed by atoms with van der Waals surface area (Å²) in [5.41, 5.74) is 2.70. The van der Waals surface area contributed by atoms with Gasteiger partial charge in [-0.25, -0.2) is 0 Å². The van der Waals surface area contributed by atoms with E-state index in [1.807, 2.05) is 24.8 Å². The number of rotatable bonds is 4. The molecule has 2 aromatic rings. The van der Waals surface area contributed by atoms with E-state index in [2.05, 4.69) is 44.0 Å². The van der Waals surface area contributed by atoms with Crippen LogP contribution >= 0.6 is 12.4 Å². The highest BCUT2D eigenvalue weighted by atomic mass is 35.5. The van der Waals surface area contributed by atoms with E-state index in [9.17, 15) is 0 Å². The van der Waals surface area contributed by atoms with Crippen LogP contribution in [-0.2, 0) is 13.1 Å². The molecule has 5 heteroatoms. The smallest absolute Gasteiger partial charge is 0.0271 e. The zero-order valence-corrected chi connectivity index (χ0v) is 12.9. The maximum atomic E-state index is 4.07. The monoisotopic (exact) mass is 304 g/mol. The van der Waals surface area contributed by atoms with E-state index in [1.165, 1.54) is 11.1 Å². The minimum Gasteiger partial charge on any atom is -0.297 e. The van der Waals surface area contributed by atoms with Crippen LogP contribution in [0.15, 0.2) is 49.1 Å².